The minimum absolute atomic E-state index is 0.289. The van der Waals surface area contributed by atoms with Crippen molar-refractivity contribution < 1.29 is 18.3 Å². The second-order valence-electron chi connectivity index (χ2n) is 8.69. The fourth-order valence-electron chi connectivity index (χ4n) is 4.84. The van der Waals surface area contributed by atoms with E-state index in [1.54, 1.807) is 26.4 Å². The van der Waals surface area contributed by atoms with Crippen molar-refractivity contribution in [3.8, 4) is 11.5 Å². The zero-order chi connectivity index (χ0) is 24.4. The number of nitrogens with zero attached hydrogens (tertiary/aromatic N) is 3. The van der Waals surface area contributed by atoms with Gasteiger partial charge in [0.2, 0.25) is 0 Å². The van der Waals surface area contributed by atoms with Crippen LogP contribution < -0.4 is 9.47 Å². The first-order valence-corrected chi connectivity index (χ1v) is 11.8. The molecule has 0 fully saturated rings. The average molecular weight is 470 g/mol. The minimum atomic E-state index is -0.289. The van der Waals surface area contributed by atoms with Crippen LogP contribution in [0.15, 0.2) is 36.7 Å². The highest BCUT2D eigenvalue weighted by atomic mass is 19.1. The van der Waals surface area contributed by atoms with Crippen LogP contribution in [0.4, 0.5) is 8.78 Å². The number of halogens is 2. The topological polar surface area (TPSA) is 31.6 Å². The van der Waals surface area contributed by atoms with E-state index in [2.05, 4.69) is 47.3 Å². The molecule has 0 unspecified atom stereocenters. The number of aryl methyl sites for hydroxylation is 2. The van der Waals surface area contributed by atoms with E-state index in [9.17, 15) is 8.78 Å². The second-order valence-corrected chi connectivity index (χ2v) is 8.69. The summed E-state index contributed by atoms with van der Waals surface area (Å²) in [4.78, 5) is 2.29. The van der Waals surface area contributed by atoms with E-state index in [0.29, 0.717) is 11.5 Å². The smallest absolute Gasteiger partial charge is 0.131 e. The lowest BCUT2D eigenvalue weighted by Gasteiger charge is -2.16. The predicted molar refractivity (Wildman–Crippen MR) is 133 cm³/mol. The summed E-state index contributed by atoms with van der Waals surface area (Å²) in [6, 6.07) is 6.06. The highest BCUT2D eigenvalue weighted by Gasteiger charge is 2.17. The summed E-state index contributed by atoms with van der Waals surface area (Å²) < 4.78 is 43.3. The molecule has 0 saturated heterocycles. The summed E-state index contributed by atoms with van der Waals surface area (Å²) in [6.07, 6.45) is 5.87. The molecule has 182 valence electrons. The van der Waals surface area contributed by atoms with Gasteiger partial charge in [-0.25, -0.2) is 8.78 Å². The maximum atomic E-state index is 14.1. The number of fused-ring (bicyclic) bond motifs is 2. The van der Waals surface area contributed by atoms with Gasteiger partial charge in [0.1, 0.15) is 23.1 Å². The Labute approximate surface area is 199 Å². The Morgan fingerprint density at radius 2 is 1.15 bits per heavy atom. The summed E-state index contributed by atoms with van der Waals surface area (Å²) in [5.41, 5.74) is 4.04. The highest BCUT2D eigenvalue weighted by molar-refractivity contribution is 5.91. The van der Waals surface area contributed by atoms with Crippen LogP contribution in [-0.2, 0) is 25.9 Å². The van der Waals surface area contributed by atoms with Gasteiger partial charge < -0.3 is 23.5 Å². The third-order valence-corrected chi connectivity index (χ3v) is 6.62. The van der Waals surface area contributed by atoms with Gasteiger partial charge in [-0.05, 0) is 57.0 Å². The summed E-state index contributed by atoms with van der Waals surface area (Å²) in [5, 5.41) is 1.97. The molecule has 34 heavy (non-hydrogen) atoms. The second kappa shape index (κ2) is 10.1. The minimum Gasteiger partial charge on any atom is -0.496 e. The quantitative estimate of drug-likeness (QED) is 0.301. The van der Waals surface area contributed by atoms with E-state index in [1.165, 1.54) is 12.1 Å². The Balaban J connectivity index is 1.51. The Kier molecular flexibility index (Phi) is 7.12. The average Bonchev–Trinajstić information content (AvgIpc) is 3.37. The van der Waals surface area contributed by atoms with Gasteiger partial charge in [0, 0.05) is 61.5 Å². The van der Waals surface area contributed by atoms with Crippen LogP contribution in [0.2, 0.25) is 0 Å². The van der Waals surface area contributed by atoms with Gasteiger partial charge in [0.05, 0.1) is 25.3 Å². The first kappa shape index (κ1) is 24.1. The monoisotopic (exact) mass is 469 g/mol. The summed E-state index contributed by atoms with van der Waals surface area (Å²) in [5.74, 6) is 0.572. The van der Waals surface area contributed by atoms with Crippen LogP contribution in [0.3, 0.4) is 0 Å². The van der Waals surface area contributed by atoms with Gasteiger partial charge in [0.15, 0.2) is 0 Å². The number of benzene rings is 2. The lowest BCUT2D eigenvalue weighted by atomic mass is 10.1. The van der Waals surface area contributed by atoms with Crippen LogP contribution in [0, 0.1) is 11.6 Å². The van der Waals surface area contributed by atoms with Crippen LogP contribution in [0.25, 0.3) is 21.8 Å². The third kappa shape index (κ3) is 4.49. The van der Waals surface area contributed by atoms with Gasteiger partial charge in [-0.1, -0.05) is 0 Å². The molecule has 4 rings (SSSR count). The van der Waals surface area contributed by atoms with Crippen LogP contribution in [-0.4, -0.2) is 48.4 Å². The lowest BCUT2D eigenvalue weighted by molar-refractivity contribution is 0.343. The predicted octanol–water partition coefficient (Wildman–Crippen LogP) is 5.65. The van der Waals surface area contributed by atoms with Gasteiger partial charge in [-0.15, -0.1) is 0 Å². The van der Waals surface area contributed by atoms with Gasteiger partial charge in [-0.3, -0.25) is 0 Å². The highest BCUT2D eigenvalue weighted by Crippen LogP contribution is 2.34. The van der Waals surface area contributed by atoms with Crippen LogP contribution in [0.5, 0.6) is 11.5 Å². The molecule has 5 nitrogen and oxygen atoms in total. The zero-order valence-electron chi connectivity index (χ0n) is 20.6. The van der Waals surface area contributed by atoms with E-state index in [1.807, 2.05) is 0 Å². The van der Waals surface area contributed by atoms with E-state index < -0.39 is 0 Å². The number of methoxy groups -OCH3 is 2. The molecule has 2 aromatic heterocycles. The molecule has 0 saturated carbocycles. The molecule has 0 bridgehead atoms. The van der Waals surface area contributed by atoms with Crippen molar-refractivity contribution in [2.75, 3.05) is 34.4 Å². The first-order chi connectivity index (χ1) is 16.4. The largest absolute Gasteiger partial charge is 0.496 e. The fourth-order valence-corrected chi connectivity index (χ4v) is 4.84. The van der Waals surface area contributed by atoms with Gasteiger partial charge in [-0.2, -0.15) is 0 Å². The van der Waals surface area contributed by atoms with Crippen molar-refractivity contribution in [3.63, 3.8) is 0 Å². The number of likely N-dealkylation sites (N-methyl/N-ethyl adjacent to an activating group) is 1. The summed E-state index contributed by atoms with van der Waals surface area (Å²) >= 11 is 0. The molecule has 0 amide bonds. The van der Waals surface area contributed by atoms with Crippen molar-refractivity contribution in [1.29, 1.82) is 0 Å². The first-order valence-electron chi connectivity index (χ1n) is 11.8. The molecule has 4 aromatic rings. The molecule has 2 heterocycles. The Morgan fingerprint density at radius 1 is 0.735 bits per heavy atom. The van der Waals surface area contributed by atoms with Crippen molar-refractivity contribution in [2.24, 2.45) is 0 Å². The maximum absolute atomic E-state index is 14.1. The fraction of sp³-hybridized carbons (Fsp3) is 0.407. The van der Waals surface area contributed by atoms with Crippen molar-refractivity contribution in [2.45, 2.75) is 39.8 Å². The molecule has 2 aromatic carbocycles. The van der Waals surface area contributed by atoms with Gasteiger partial charge >= 0.3 is 0 Å². The van der Waals surface area contributed by atoms with Crippen LogP contribution in [0.1, 0.15) is 25.0 Å². The van der Waals surface area contributed by atoms with E-state index in [4.69, 9.17) is 9.47 Å². The van der Waals surface area contributed by atoms with E-state index >= 15 is 0 Å². The molecule has 0 aliphatic heterocycles. The number of rotatable bonds is 10. The molecule has 0 spiro atoms. The van der Waals surface area contributed by atoms with Gasteiger partial charge in [0.25, 0.3) is 0 Å². The SMILES string of the molecule is CCn1cc(CCN(C)CCc2cn(CC)c3cc(F)cc(OC)c23)c2c(OC)cc(F)cc21. The Hall–Kier alpha value is -3.06. The number of ether oxygens (including phenoxy) is 2. The normalized spacial score (nSPS) is 11.8. The number of hydrogen-bond acceptors (Lipinski definition) is 3. The number of hydrogen-bond donors (Lipinski definition) is 0. The van der Waals surface area contributed by atoms with E-state index in [0.717, 1.165) is 72.0 Å². The maximum Gasteiger partial charge on any atom is 0.131 e. The van der Waals surface area contributed by atoms with E-state index in [-0.39, 0.29) is 11.6 Å². The zero-order valence-corrected chi connectivity index (χ0v) is 20.6. The summed E-state index contributed by atoms with van der Waals surface area (Å²) in [6.45, 7) is 7.34. The molecule has 0 atom stereocenters. The molecule has 0 radical (unpaired) electrons. The Morgan fingerprint density at radius 3 is 1.50 bits per heavy atom. The third-order valence-electron chi connectivity index (χ3n) is 6.62. The molecule has 7 heteroatoms. The number of aromatic nitrogens is 2. The van der Waals surface area contributed by atoms with Crippen molar-refractivity contribution in [1.82, 2.24) is 14.0 Å². The Bertz CT molecular complexity index is 1210. The molecule has 0 N–H and O–H groups in total. The van der Waals surface area contributed by atoms with Crippen LogP contribution >= 0.6 is 0 Å². The lowest BCUT2D eigenvalue weighted by Crippen LogP contribution is -2.23. The summed E-state index contributed by atoms with van der Waals surface area (Å²) in [7, 11) is 5.27. The van der Waals surface area contributed by atoms with Crippen molar-refractivity contribution >= 4 is 21.8 Å². The standard InChI is InChI=1S/C27H33F2N3O2/c1-6-31-16-18(26-22(31)12-20(28)14-24(26)33-4)8-10-30(3)11-9-19-17-32(7-2)23-13-21(29)15-25(34-5)27(19)23/h12-17H,6-11H2,1-5H3. The molecular weight excluding hydrogens is 436 g/mol. The van der Waals surface area contributed by atoms with Crippen molar-refractivity contribution in [3.05, 3.63) is 59.4 Å². The molecule has 0 aliphatic carbocycles. The molecular formula is C27H33F2N3O2. The molecule has 0 aliphatic rings.